The quantitative estimate of drug-likeness (QED) is 0.0913. The summed E-state index contributed by atoms with van der Waals surface area (Å²) in [6, 6.07) is 33.5. The Labute approximate surface area is 343 Å². The van der Waals surface area contributed by atoms with E-state index in [1.54, 1.807) is 103 Å². The molecule has 290 valence electrons. The number of fused-ring (bicyclic) bond motifs is 4. The number of nitrogens with zero attached hydrogens (tertiary/aromatic N) is 2. The van der Waals surface area contributed by atoms with Crippen molar-refractivity contribution < 1.29 is 33.8 Å². The fraction of sp³-hybridized carbons (Fsp3) is 0.196. The van der Waals surface area contributed by atoms with E-state index in [1.807, 2.05) is 12.1 Å². The maximum Gasteiger partial charge on any atom is 0.260 e. The van der Waals surface area contributed by atoms with E-state index in [2.05, 4.69) is 5.43 Å². The third-order valence-corrected chi connectivity index (χ3v) is 12.8. The Morgan fingerprint density at radius 3 is 2.21 bits per heavy atom. The molecule has 6 atom stereocenters. The summed E-state index contributed by atoms with van der Waals surface area (Å²) in [6.07, 6.45) is 2.23. The SMILES string of the molecule is COc1ccc([C@@]23C(=O)N(Nc4ccc(Cl)cc4Cl)C(=O)[C@@H]2C[C@@H]2C(=CC[C@@H]4C(=O)N(c5ccc(C(=O)c6ccccc6)cc5)C(=O)[C@@H]42)[C@@H]3c2cccc(O)c2)cc1. The minimum absolute atomic E-state index is 0.0393. The third kappa shape index (κ3) is 5.73. The Bertz CT molecular complexity index is 2560. The van der Waals surface area contributed by atoms with Gasteiger partial charge in [0.2, 0.25) is 11.8 Å². The molecule has 4 amide bonds. The van der Waals surface area contributed by atoms with Crippen LogP contribution < -0.4 is 15.1 Å². The van der Waals surface area contributed by atoms with Crippen molar-refractivity contribution in [2.75, 3.05) is 17.4 Å². The van der Waals surface area contributed by atoms with Gasteiger partial charge in [-0.1, -0.05) is 89.4 Å². The van der Waals surface area contributed by atoms with E-state index < -0.39 is 52.7 Å². The number of phenolic OH excluding ortho intramolecular Hbond substituents is 1. The molecule has 4 aliphatic rings. The van der Waals surface area contributed by atoms with Gasteiger partial charge in [0.25, 0.3) is 11.8 Å². The number of anilines is 2. The van der Waals surface area contributed by atoms with Crippen LogP contribution >= 0.6 is 23.2 Å². The summed E-state index contributed by atoms with van der Waals surface area (Å²) in [5.74, 6) is -5.62. The van der Waals surface area contributed by atoms with Crippen LogP contribution in [0.25, 0.3) is 0 Å². The van der Waals surface area contributed by atoms with Crippen LogP contribution in [0.1, 0.15) is 45.8 Å². The average Bonchev–Trinajstić information content (AvgIpc) is 3.62. The Morgan fingerprint density at radius 2 is 1.52 bits per heavy atom. The van der Waals surface area contributed by atoms with Gasteiger partial charge < -0.3 is 9.84 Å². The third-order valence-electron chi connectivity index (χ3n) is 12.2. The molecule has 2 heterocycles. The number of hydrogen-bond acceptors (Lipinski definition) is 8. The van der Waals surface area contributed by atoms with Gasteiger partial charge in [0.1, 0.15) is 11.5 Å². The lowest BCUT2D eigenvalue weighted by Gasteiger charge is -2.50. The van der Waals surface area contributed by atoms with Crippen LogP contribution in [0, 0.1) is 23.7 Å². The highest BCUT2D eigenvalue weighted by Gasteiger charge is 2.70. The first-order valence-electron chi connectivity index (χ1n) is 18.8. The molecule has 2 aliphatic heterocycles. The molecule has 2 saturated heterocycles. The first kappa shape index (κ1) is 37.4. The highest BCUT2D eigenvalue weighted by molar-refractivity contribution is 6.36. The largest absolute Gasteiger partial charge is 0.508 e. The minimum atomic E-state index is -1.56. The van der Waals surface area contributed by atoms with Gasteiger partial charge in [-0.3, -0.25) is 34.3 Å². The number of amides is 4. The Kier molecular flexibility index (Phi) is 9.21. The molecular formula is C46H35Cl2N3O7. The Hall–Kier alpha value is -6.23. The van der Waals surface area contributed by atoms with Crippen LogP contribution in [0.2, 0.25) is 10.0 Å². The van der Waals surface area contributed by atoms with Crippen LogP contribution in [0.5, 0.6) is 11.5 Å². The summed E-state index contributed by atoms with van der Waals surface area (Å²) in [5, 5.41) is 12.4. The Balaban J connectivity index is 1.15. The molecule has 12 heteroatoms. The number of hydrazine groups is 1. The molecule has 1 saturated carbocycles. The number of benzene rings is 5. The molecular weight excluding hydrogens is 777 g/mol. The molecule has 3 fully saturated rings. The van der Waals surface area contributed by atoms with Gasteiger partial charge in [-0.25, -0.2) is 0 Å². The van der Waals surface area contributed by atoms with Crippen molar-refractivity contribution in [3.05, 3.63) is 165 Å². The van der Waals surface area contributed by atoms with Crippen molar-refractivity contribution in [2.45, 2.75) is 24.2 Å². The molecule has 5 aromatic carbocycles. The molecule has 0 aromatic heterocycles. The van der Waals surface area contributed by atoms with E-state index in [0.717, 1.165) is 10.6 Å². The average molecular weight is 813 g/mol. The minimum Gasteiger partial charge on any atom is -0.508 e. The van der Waals surface area contributed by atoms with E-state index in [-0.39, 0.29) is 41.0 Å². The van der Waals surface area contributed by atoms with Gasteiger partial charge in [-0.15, -0.1) is 0 Å². The van der Waals surface area contributed by atoms with E-state index in [4.69, 9.17) is 27.9 Å². The predicted octanol–water partition coefficient (Wildman–Crippen LogP) is 8.13. The molecule has 58 heavy (non-hydrogen) atoms. The first-order chi connectivity index (χ1) is 28.0. The van der Waals surface area contributed by atoms with Gasteiger partial charge in [-0.2, -0.15) is 5.01 Å². The number of allylic oxidation sites excluding steroid dienone is 2. The number of ether oxygens (including phenoxy) is 1. The lowest BCUT2D eigenvalue weighted by atomic mass is 9.49. The standard InChI is InChI=1S/C46H35Cl2N3O7/c1-58-32-17-12-28(13-18-32)46-36(43(55)51(45(46)57)49-38-21-14-29(47)23-37(38)48)24-35-33(40(46)27-8-5-9-31(52)22-27)19-20-34-39(35)44(56)50(42(34)54)30-15-10-26(11-16-30)41(53)25-6-3-2-4-7-25/h2-19,21-23,34-36,39-40,49,52H,20,24H2,1H3/t34-,35+,36-,39-,40-,46+/m0/s1. The molecule has 2 aliphatic carbocycles. The molecule has 0 unspecified atom stereocenters. The summed E-state index contributed by atoms with van der Waals surface area (Å²) >= 11 is 12.7. The zero-order chi connectivity index (χ0) is 40.5. The maximum atomic E-state index is 15.4. The number of carbonyl (C=O) groups is 5. The molecule has 9 rings (SSSR count). The number of ketones is 1. The Morgan fingerprint density at radius 1 is 0.793 bits per heavy atom. The van der Waals surface area contributed by atoms with Crippen molar-refractivity contribution >= 4 is 64.0 Å². The second kappa shape index (κ2) is 14.3. The fourth-order valence-electron chi connectivity index (χ4n) is 9.70. The molecule has 0 radical (unpaired) electrons. The lowest BCUT2D eigenvalue weighted by molar-refractivity contribution is -0.138. The number of phenols is 1. The fourth-order valence-corrected chi connectivity index (χ4v) is 10.1. The van der Waals surface area contributed by atoms with Crippen LogP contribution in [-0.4, -0.2) is 46.6 Å². The topological polar surface area (TPSA) is 133 Å². The van der Waals surface area contributed by atoms with Crippen molar-refractivity contribution in [3.8, 4) is 11.5 Å². The predicted molar refractivity (Wildman–Crippen MR) is 218 cm³/mol. The second-order valence-corrected chi connectivity index (χ2v) is 15.9. The van der Waals surface area contributed by atoms with E-state index >= 15 is 4.79 Å². The van der Waals surface area contributed by atoms with Crippen LogP contribution in [-0.2, 0) is 24.6 Å². The van der Waals surface area contributed by atoms with Crippen LogP contribution in [0.3, 0.4) is 0 Å². The van der Waals surface area contributed by atoms with Crippen molar-refractivity contribution in [3.63, 3.8) is 0 Å². The number of nitrogens with one attached hydrogen (secondary N) is 1. The van der Waals surface area contributed by atoms with E-state index in [0.29, 0.717) is 38.7 Å². The van der Waals surface area contributed by atoms with Crippen molar-refractivity contribution in [2.24, 2.45) is 23.7 Å². The first-order valence-corrected chi connectivity index (χ1v) is 19.6. The number of aromatic hydroxyl groups is 1. The van der Waals surface area contributed by atoms with Crippen LogP contribution in [0.15, 0.2) is 133 Å². The molecule has 0 bridgehead atoms. The lowest BCUT2D eigenvalue weighted by Crippen LogP contribution is -2.53. The zero-order valence-electron chi connectivity index (χ0n) is 31.0. The van der Waals surface area contributed by atoms with Gasteiger partial charge in [0.05, 0.1) is 46.7 Å². The smallest absolute Gasteiger partial charge is 0.260 e. The van der Waals surface area contributed by atoms with Gasteiger partial charge >= 0.3 is 0 Å². The zero-order valence-corrected chi connectivity index (χ0v) is 32.5. The summed E-state index contributed by atoms with van der Waals surface area (Å²) in [6.45, 7) is 0. The summed E-state index contributed by atoms with van der Waals surface area (Å²) in [4.78, 5) is 73.7. The van der Waals surface area contributed by atoms with Gasteiger partial charge in [0.15, 0.2) is 5.78 Å². The summed E-state index contributed by atoms with van der Waals surface area (Å²) in [7, 11) is 1.54. The van der Waals surface area contributed by atoms with E-state index in [1.165, 1.54) is 24.1 Å². The molecule has 2 N–H and O–H groups in total. The summed E-state index contributed by atoms with van der Waals surface area (Å²) < 4.78 is 5.47. The van der Waals surface area contributed by atoms with Crippen LogP contribution in [0.4, 0.5) is 11.4 Å². The molecule has 5 aromatic rings. The number of hydrogen-bond donors (Lipinski definition) is 2. The highest BCUT2D eigenvalue weighted by Crippen LogP contribution is 2.64. The van der Waals surface area contributed by atoms with Crippen molar-refractivity contribution in [1.82, 2.24) is 5.01 Å². The number of halogens is 2. The number of methoxy groups -OCH3 is 1. The maximum absolute atomic E-state index is 15.4. The van der Waals surface area contributed by atoms with Gasteiger partial charge in [0, 0.05) is 22.1 Å². The normalized spacial score (nSPS) is 24.9. The van der Waals surface area contributed by atoms with E-state index in [9.17, 15) is 24.3 Å². The summed E-state index contributed by atoms with van der Waals surface area (Å²) in [5.41, 5.74) is 4.81. The van der Waals surface area contributed by atoms with Crippen molar-refractivity contribution in [1.29, 1.82) is 0 Å². The number of rotatable bonds is 8. The number of imide groups is 2. The highest BCUT2D eigenvalue weighted by atomic mass is 35.5. The van der Waals surface area contributed by atoms with Gasteiger partial charge in [-0.05, 0) is 96.6 Å². The monoisotopic (exact) mass is 811 g/mol. The second-order valence-electron chi connectivity index (χ2n) is 15.1. The molecule has 0 spiro atoms. The number of carbonyl (C=O) groups excluding carboxylic acids is 5. The molecule has 10 nitrogen and oxygen atoms in total.